The Kier molecular flexibility index (Phi) is 2.68. The molecule has 0 bridgehead atoms. The van der Waals surface area contributed by atoms with Gasteiger partial charge in [0.15, 0.2) is 0 Å². The molecule has 1 aromatic carbocycles. The van der Waals surface area contributed by atoms with Gasteiger partial charge in [0.2, 0.25) is 0 Å². The third kappa shape index (κ3) is 1.72. The second-order valence-electron chi connectivity index (χ2n) is 3.34. The lowest BCUT2D eigenvalue weighted by Crippen LogP contribution is -2.10. The molecule has 15 heavy (non-hydrogen) atoms. The van der Waals surface area contributed by atoms with Crippen LogP contribution in [0.3, 0.4) is 0 Å². The van der Waals surface area contributed by atoms with Crippen molar-refractivity contribution in [1.29, 1.82) is 0 Å². The third-order valence-corrected chi connectivity index (χ3v) is 3.30. The van der Waals surface area contributed by atoms with E-state index in [1.54, 1.807) is 0 Å². The number of rotatable bonds is 2. The Labute approximate surface area is 91.8 Å². The molecule has 2 aromatic rings. The molecule has 4 heteroatoms. The highest BCUT2D eigenvalue weighted by Gasteiger charge is 2.18. The minimum Gasteiger partial charge on any atom is -0.469 e. The second-order valence-corrected chi connectivity index (χ2v) is 4.14. The van der Waals surface area contributed by atoms with E-state index in [0.717, 1.165) is 15.6 Å². The van der Waals surface area contributed by atoms with Crippen LogP contribution in [0.5, 0.6) is 0 Å². The molecule has 0 fully saturated rings. The van der Waals surface area contributed by atoms with Crippen LogP contribution in [0, 0.1) is 0 Å². The van der Waals surface area contributed by atoms with Crippen LogP contribution in [0.4, 0.5) is 0 Å². The zero-order valence-corrected chi connectivity index (χ0v) is 9.38. The Hall–Kier alpha value is -1.42. The second kappa shape index (κ2) is 3.98. The number of nitrogens with zero attached hydrogens (tertiary/aromatic N) is 1. The number of ether oxygens (including phenoxy) is 1. The molecular weight excluding hydrogens is 210 g/mol. The number of carbonyl (C=O) groups is 1. The Morgan fingerprint density at radius 1 is 1.53 bits per heavy atom. The van der Waals surface area contributed by atoms with E-state index >= 15 is 0 Å². The fourth-order valence-corrected chi connectivity index (χ4v) is 2.41. The van der Waals surface area contributed by atoms with Crippen LogP contribution >= 0.6 is 11.5 Å². The molecule has 0 amide bonds. The van der Waals surface area contributed by atoms with E-state index in [0.29, 0.717) is 0 Å². The predicted octanol–water partition coefficient (Wildman–Crippen LogP) is 2.57. The first-order valence-corrected chi connectivity index (χ1v) is 5.42. The summed E-state index contributed by atoms with van der Waals surface area (Å²) < 4.78 is 9.92. The Morgan fingerprint density at radius 2 is 2.33 bits per heavy atom. The maximum Gasteiger partial charge on any atom is 0.312 e. The summed E-state index contributed by atoms with van der Waals surface area (Å²) in [7, 11) is 1.41. The number of carbonyl (C=O) groups excluding carboxylic acids is 1. The number of esters is 1. The van der Waals surface area contributed by atoms with Crippen molar-refractivity contribution in [2.75, 3.05) is 7.11 Å². The van der Waals surface area contributed by atoms with Gasteiger partial charge in [-0.2, -0.15) is 4.37 Å². The highest BCUT2D eigenvalue weighted by molar-refractivity contribution is 7.13. The van der Waals surface area contributed by atoms with Gasteiger partial charge in [-0.3, -0.25) is 4.79 Å². The molecule has 0 aliphatic rings. The summed E-state index contributed by atoms with van der Waals surface area (Å²) in [5, 5.41) is 1.08. The van der Waals surface area contributed by atoms with Crippen molar-refractivity contribution in [3.63, 3.8) is 0 Å². The summed E-state index contributed by atoms with van der Waals surface area (Å²) in [5.74, 6) is -0.449. The Bertz CT molecular complexity index is 492. The highest BCUT2D eigenvalue weighted by Crippen LogP contribution is 2.28. The van der Waals surface area contributed by atoms with Crippen LogP contribution in [0.15, 0.2) is 24.4 Å². The molecule has 2 rings (SSSR count). The molecule has 1 heterocycles. The summed E-state index contributed by atoms with van der Waals surface area (Å²) in [5.41, 5.74) is 0.988. The average Bonchev–Trinajstić information content (AvgIpc) is 2.74. The van der Waals surface area contributed by atoms with E-state index in [9.17, 15) is 4.79 Å². The van der Waals surface area contributed by atoms with Gasteiger partial charge in [0.1, 0.15) is 0 Å². The maximum atomic E-state index is 11.4. The molecule has 0 spiro atoms. The lowest BCUT2D eigenvalue weighted by Gasteiger charge is -2.09. The van der Waals surface area contributed by atoms with Crippen molar-refractivity contribution in [1.82, 2.24) is 4.37 Å². The predicted molar refractivity (Wildman–Crippen MR) is 60.1 cm³/mol. The zero-order valence-electron chi connectivity index (χ0n) is 8.56. The van der Waals surface area contributed by atoms with E-state index in [1.807, 2.05) is 31.3 Å². The minimum absolute atomic E-state index is 0.212. The fraction of sp³-hybridized carbons (Fsp3) is 0.273. The number of benzene rings is 1. The molecule has 0 aliphatic carbocycles. The van der Waals surface area contributed by atoms with Gasteiger partial charge in [-0.05, 0) is 24.0 Å². The average molecular weight is 221 g/mol. The lowest BCUT2D eigenvalue weighted by atomic mass is 10.0. The van der Waals surface area contributed by atoms with Crippen molar-refractivity contribution in [2.24, 2.45) is 0 Å². The van der Waals surface area contributed by atoms with Crippen LogP contribution in [-0.4, -0.2) is 17.5 Å². The van der Waals surface area contributed by atoms with Crippen molar-refractivity contribution in [3.05, 3.63) is 30.0 Å². The number of hydrogen-bond acceptors (Lipinski definition) is 4. The maximum absolute atomic E-state index is 11.4. The van der Waals surface area contributed by atoms with Gasteiger partial charge in [-0.15, -0.1) is 0 Å². The Morgan fingerprint density at radius 3 is 3.07 bits per heavy atom. The number of fused-ring (bicyclic) bond motifs is 1. The van der Waals surface area contributed by atoms with Gasteiger partial charge in [0.25, 0.3) is 0 Å². The molecule has 78 valence electrons. The van der Waals surface area contributed by atoms with Gasteiger partial charge < -0.3 is 4.74 Å². The van der Waals surface area contributed by atoms with Gasteiger partial charge in [-0.1, -0.05) is 18.2 Å². The number of aromatic nitrogens is 1. The molecule has 1 unspecified atom stereocenters. The smallest absolute Gasteiger partial charge is 0.312 e. The summed E-state index contributed by atoms with van der Waals surface area (Å²) in [6.45, 7) is 1.85. The Balaban J connectivity index is 2.51. The molecular formula is C11H11NO2S. The van der Waals surface area contributed by atoms with Gasteiger partial charge >= 0.3 is 5.97 Å². The van der Waals surface area contributed by atoms with Gasteiger partial charge in [0.05, 0.1) is 17.7 Å². The molecule has 0 N–H and O–H groups in total. The molecule has 0 saturated carbocycles. The SMILES string of the molecule is COC(=O)C(C)c1cccc2cnsc12. The molecule has 0 radical (unpaired) electrons. The third-order valence-electron chi connectivity index (χ3n) is 2.43. The summed E-state index contributed by atoms with van der Waals surface area (Å²) in [4.78, 5) is 11.4. The van der Waals surface area contributed by atoms with E-state index in [-0.39, 0.29) is 11.9 Å². The number of hydrogen-bond donors (Lipinski definition) is 0. The van der Waals surface area contributed by atoms with E-state index < -0.39 is 0 Å². The molecule has 1 atom stereocenters. The first kappa shape index (κ1) is 10.1. The van der Waals surface area contributed by atoms with Crippen LogP contribution < -0.4 is 0 Å². The van der Waals surface area contributed by atoms with Gasteiger partial charge in [-0.25, -0.2) is 0 Å². The first-order chi connectivity index (χ1) is 7.24. The quantitative estimate of drug-likeness (QED) is 0.732. The van der Waals surface area contributed by atoms with E-state index in [4.69, 9.17) is 4.74 Å². The molecule has 1 aromatic heterocycles. The standard InChI is InChI=1S/C11H11NO2S/c1-7(11(13)14-2)9-5-3-4-8-6-12-15-10(8)9/h3-7H,1-2H3. The summed E-state index contributed by atoms with van der Waals surface area (Å²) >= 11 is 1.41. The minimum atomic E-state index is -0.237. The zero-order chi connectivity index (χ0) is 10.8. The van der Waals surface area contributed by atoms with Crippen LogP contribution in [-0.2, 0) is 9.53 Å². The summed E-state index contributed by atoms with van der Waals surface area (Å²) in [6.07, 6.45) is 1.81. The van der Waals surface area contributed by atoms with E-state index in [1.165, 1.54) is 18.6 Å². The van der Waals surface area contributed by atoms with E-state index in [2.05, 4.69) is 4.37 Å². The van der Waals surface area contributed by atoms with Crippen molar-refractivity contribution in [2.45, 2.75) is 12.8 Å². The highest BCUT2D eigenvalue weighted by atomic mass is 32.1. The number of methoxy groups -OCH3 is 1. The van der Waals surface area contributed by atoms with Gasteiger partial charge in [0, 0.05) is 11.6 Å². The van der Waals surface area contributed by atoms with Crippen molar-refractivity contribution >= 4 is 27.6 Å². The lowest BCUT2D eigenvalue weighted by molar-refractivity contribution is -0.141. The molecule has 0 aliphatic heterocycles. The van der Waals surface area contributed by atoms with Crippen molar-refractivity contribution < 1.29 is 9.53 Å². The van der Waals surface area contributed by atoms with Crippen molar-refractivity contribution in [3.8, 4) is 0 Å². The topological polar surface area (TPSA) is 39.2 Å². The largest absolute Gasteiger partial charge is 0.469 e. The normalized spacial score (nSPS) is 12.7. The van der Waals surface area contributed by atoms with Crippen LogP contribution in [0.25, 0.3) is 10.1 Å². The fourth-order valence-electron chi connectivity index (χ4n) is 1.56. The molecule has 3 nitrogen and oxygen atoms in total. The first-order valence-electron chi connectivity index (χ1n) is 4.65. The van der Waals surface area contributed by atoms with Crippen LogP contribution in [0.2, 0.25) is 0 Å². The van der Waals surface area contributed by atoms with Crippen LogP contribution in [0.1, 0.15) is 18.4 Å². The summed E-state index contributed by atoms with van der Waals surface area (Å²) in [6, 6.07) is 5.87. The molecule has 0 saturated heterocycles. The monoisotopic (exact) mass is 221 g/mol.